The molecule has 1 fully saturated rings. The minimum atomic E-state index is 0.170. The fraction of sp³-hybridized carbons (Fsp3) is 0.500. The van der Waals surface area contributed by atoms with Gasteiger partial charge in [0.25, 0.3) is 0 Å². The number of carbonyl (C=O) groups is 1. The van der Waals surface area contributed by atoms with Crippen LogP contribution in [-0.2, 0) is 11.2 Å². The predicted octanol–water partition coefficient (Wildman–Crippen LogP) is 1.61. The number of thiophene rings is 1. The van der Waals surface area contributed by atoms with E-state index in [-0.39, 0.29) is 11.9 Å². The van der Waals surface area contributed by atoms with Crippen LogP contribution in [0, 0.1) is 0 Å². The summed E-state index contributed by atoms with van der Waals surface area (Å²) in [5.41, 5.74) is 5.76. The molecule has 2 N–H and O–H groups in total. The number of amides is 1. The van der Waals surface area contributed by atoms with Crippen LogP contribution in [0.25, 0.3) is 0 Å². The van der Waals surface area contributed by atoms with Crippen LogP contribution < -0.4 is 5.73 Å². The highest BCUT2D eigenvalue weighted by Gasteiger charge is 2.23. The van der Waals surface area contributed by atoms with E-state index in [0.717, 1.165) is 21.6 Å². The average molecular weight is 289 g/mol. The Morgan fingerprint density at radius 3 is 3.00 bits per heavy atom. The first-order valence-corrected chi connectivity index (χ1v) is 6.53. The van der Waals surface area contributed by atoms with E-state index in [1.54, 1.807) is 11.3 Å². The first-order chi connectivity index (χ1) is 7.15. The maximum Gasteiger partial charge on any atom is 0.227 e. The molecule has 5 heteroatoms. The summed E-state index contributed by atoms with van der Waals surface area (Å²) in [5, 5.41) is 0. The van der Waals surface area contributed by atoms with E-state index in [0.29, 0.717) is 13.0 Å². The highest BCUT2D eigenvalue weighted by Crippen LogP contribution is 2.23. The number of nitrogens with zero attached hydrogens (tertiary/aromatic N) is 1. The van der Waals surface area contributed by atoms with Crippen molar-refractivity contribution in [3.63, 3.8) is 0 Å². The van der Waals surface area contributed by atoms with Gasteiger partial charge in [0.15, 0.2) is 0 Å². The van der Waals surface area contributed by atoms with Crippen molar-refractivity contribution in [2.75, 3.05) is 13.1 Å². The van der Waals surface area contributed by atoms with Crippen molar-refractivity contribution in [1.29, 1.82) is 0 Å². The van der Waals surface area contributed by atoms with Crippen LogP contribution in [0.4, 0.5) is 0 Å². The van der Waals surface area contributed by atoms with Gasteiger partial charge in [0.05, 0.1) is 10.2 Å². The van der Waals surface area contributed by atoms with E-state index in [9.17, 15) is 4.79 Å². The largest absolute Gasteiger partial charge is 0.341 e. The monoisotopic (exact) mass is 288 g/mol. The van der Waals surface area contributed by atoms with Crippen molar-refractivity contribution in [2.24, 2.45) is 5.73 Å². The third-order valence-electron chi connectivity index (χ3n) is 2.53. The van der Waals surface area contributed by atoms with Crippen LogP contribution in [-0.4, -0.2) is 29.9 Å². The Labute approximate surface area is 101 Å². The zero-order chi connectivity index (χ0) is 10.8. The molecular formula is C10H13BrN2OS. The molecule has 82 valence electrons. The van der Waals surface area contributed by atoms with E-state index in [4.69, 9.17) is 5.73 Å². The summed E-state index contributed by atoms with van der Waals surface area (Å²) in [7, 11) is 0. The van der Waals surface area contributed by atoms with E-state index in [1.807, 2.05) is 17.0 Å². The van der Waals surface area contributed by atoms with Crippen molar-refractivity contribution < 1.29 is 4.79 Å². The van der Waals surface area contributed by atoms with Gasteiger partial charge in [0.2, 0.25) is 5.91 Å². The summed E-state index contributed by atoms with van der Waals surface area (Å²) in [5.74, 6) is 0.192. The number of halogens is 1. The van der Waals surface area contributed by atoms with Crippen molar-refractivity contribution >= 4 is 33.2 Å². The topological polar surface area (TPSA) is 46.3 Å². The van der Waals surface area contributed by atoms with Crippen LogP contribution >= 0.6 is 27.3 Å². The Morgan fingerprint density at radius 2 is 2.47 bits per heavy atom. The smallest absolute Gasteiger partial charge is 0.227 e. The molecule has 0 saturated carbocycles. The molecule has 1 aliphatic rings. The third-order valence-corrected chi connectivity index (χ3v) is 4.16. The van der Waals surface area contributed by atoms with E-state index in [2.05, 4.69) is 15.9 Å². The van der Waals surface area contributed by atoms with Gasteiger partial charge < -0.3 is 10.6 Å². The highest BCUT2D eigenvalue weighted by atomic mass is 79.9. The number of nitrogens with two attached hydrogens (primary N) is 1. The summed E-state index contributed by atoms with van der Waals surface area (Å²) in [6, 6.07) is 4.13. The molecule has 2 rings (SSSR count). The second-order valence-corrected chi connectivity index (χ2v) is 6.32. The molecule has 1 unspecified atom stereocenters. The molecule has 0 radical (unpaired) electrons. The van der Waals surface area contributed by atoms with Gasteiger partial charge in [-0.25, -0.2) is 0 Å². The van der Waals surface area contributed by atoms with Gasteiger partial charge >= 0.3 is 0 Å². The molecular weight excluding hydrogens is 276 g/mol. The maximum atomic E-state index is 11.8. The molecule has 1 aromatic rings. The van der Waals surface area contributed by atoms with Crippen molar-refractivity contribution in [3.05, 3.63) is 20.8 Å². The molecule has 1 atom stereocenters. The van der Waals surface area contributed by atoms with Gasteiger partial charge in [-0.15, -0.1) is 11.3 Å². The lowest BCUT2D eigenvalue weighted by Crippen LogP contribution is -2.32. The zero-order valence-electron chi connectivity index (χ0n) is 8.28. The third kappa shape index (κ3) is 2.80. The Morgan fingerprint density at radius 1 is 1.67 bits per heavy atom. The fourth-order valence-corrected chi connectivity index (χ4v) is 3.20. The van der Waals surface area contributed by atoms with E-state index >= 15 is 0 Å². The second-order valence-electron chi connectivity index (χ2n) is 3.77. The Balaban J connectivity index is 1.92. The minimum Gasteiger partial charge on any atom is -0.341 e. The summed E-state index contributed by atoms with van der Waals surface area (Å²) in [6.07, 6.45) is 1.43. The van der Waals surface area contributed by atoms with Crippen LogP contribution in [0.1, 0.15) is 11.3 Å². The lowest BCUT2D eigenvalue weighted by molar-refractivity contribution is -0.129. The van der Waals surface area contributed by atoms with E-state index < -0.39 is 0 Å². The quantitative estimate of drug-likeness (QED) is 0.899. The molecule has 0 aliphatic carbocycles. The molecule has 1 saturated heterocycles. The summed E-state index contributed by atoms with van der Waals surface area (Å²) in [4.78, 5) is 14.8. The standard InChI is InChI=1S/C10H13BrN2OS/c11-9-2-1-8(15-9)5-10(14)13-4-3-7(12)6-13/h1-2,7H,3-6,12H2. The predicted molar refractivity (Wildman–Crippen MR) is 64.9 cm³/mol. The lowest BCUT2D eigenvalue weighted by Gasteiger charge is -2.14. The summed E-state index contributed by atoms with van der Waals surface area (Å²) in [6.45, 7) is 1.53. The van der Waals surface area contributed by atoms with E-state index in [1.165, 1.54) is 0 Å². The SMILES string of the molecule is NC1CCN(C(=O)Cc2ccc(Br)s2)C1. The van der Waals surface area contributed by atoms with Crippen molar-refractivity contribution in [3.8, 4) is 0 Å². The summed E-state index contributed by atoms with van der Waals surface area (Å²) >= 11 is 5.00. The number of likely N-dealkylation sites (tertiary alicyclic amines) is 1. The summed E-state index contributed by atoms with van der Waals surface area (Å²) < 4.78 is 1.07. The molecule has 1 amide bonds. The lowest BCUT2D eigenvalue weighted by atomic mass is 10.3. The highest BCUT2D eigenvalue weighted by molar-refractivity contribution is 9.11. The molecule has 15 heavy (non-hydrogen) atoms. The molecule has 0 aromatic carbocycles. The van der Waals surface area contributed by atoms with Gasteiger partial charge in [0.1, 0.15) is 0 Å². The number of rotatable bonds is 2. The Bertz CT molecular complexity index is 366. The average Bonchev–Trinajstić information content (AvgIpc) is 2.75. The molecule has 2 heterocycles. The molecule has 0 bridgehead atoms. The van der Waals surface area contributed by atoms with Crippen molar-refractivity contribution in [2.45, 2.75) is 18.9 Å². The van der Waals surface area contributed by atoms with Crippen LogP contribution in [0.3, 0.4) is 0 Å². The van der Waals surface area contributed by atoms with Gasteiger partial charge in [0, 0.05) is 24.0 Å². The van der Waals surface area contributed by atoms with Gasteiger partial charge in [-0.1, -0.05) is 0 Å². The fourth-order valence-electron chi connectivity index (χ4n) is 1.72. The first kappa shape index (κ1) is 11.1. The Kier molecular flexibility index (Phi) is 3.43. The van der Waals surface area contributed by atoms with Crippen LogP contribution in [0.15, 0.2) is 15.9 Å². The Hall–Kier alpha value is -0.390. The molecule has 0 spiro atoms. The minimum absolute atomic E-state index is 0.170. The maximum absolute atomic E-state index is 11.8. The first-order valence-electron chi connectivity index (χ1n) is 4.93. The number of hydrogen-bond donors (Lipinski definition) is 1. The zero-order valence-corrected chi connectivity index (χ0v) is 10.7. The van der Waals surface area contributed by atoms with Gasteiger partial charge in [-0.2, -0.15) is 0 Å². The number of carbonyl (C=O) groups excluding carboxylic acids is 1. The molecule has 1 aliphatic heterocycles. The van der Waals surface area contributed by atoms with Crippen LogP contribution in [0.2, 0.25) is 0 Å². The second kappa shape index (κ2) is 4.63. The van der Waals surface area contributed by atoms with Gasteiger partial charge in [-0.3, -0.25) is 4.79 Å². The normalized spacial score (nSPS) is 20.9. The van der Waals surface area contributed by atoms with Crippen molar-refractivity contribution in [1.82, 2.24) is 4.90 Å². The number of hydrogen-bond acceptors (Lipinski definition) is 3. The van der Waals surface area contributed by atoms with Gasteiger partial charge in [-0.05, 0) is 34.5 Å². The molecule has 1 aromatic heterocycles. The molecule has 3 nitrogen and oxygen atoms in total. The van der Waals surface area contributed by atoms with Crippen LogP contribution in [0.5, 0.6) is 0 Å².